The maximum Gasteiger partial charge on any atom is 0.332 e. The summed E-state index contributed by atoms with van der Waals surface area (Å²) in [6.45, 7) is 1.28. The molecule has 39 heavy (non-hydrogen) atoms. The van der Waals surface area contributed by atoms with Crippen LogP contribution < -0.4 is 21.9 Å². The minimum absolute atomic E-state index is 0.0519. The van der Waals surface area contributed by atoms with Crippen molar-refractivity contribution >= 4 is 39.9 Å². The van der Waals surface area contributed by atoms with E-state index in [1.807, 2.05) is 17.0 Å². The van der Waals surface area contributed by atoms with Crippen molar-refractivity contribution in [3.8, 4) is 6.07 Å². The van der Waals surface area contributed by atoms with Crippen molar-refractivity contribution in [1.82, 2.24) is 27.4 Å². The molecule has 0 spiro atoms. The Labute approximate surface area is 225 Å². The SMILES string of the molecule is Cn1c(=O)n(Cc2cc(F)c3nsnc3c2)c(=O)c2c1nc(N1CCC[C@@H](N)C1)n2Cc1ccccc1C#N. The van der Waals surface area contributed by atoms with Gasteiger partial charge in [-0.25, -0.2) is 9.18 Å². The first kappa shape index (κ1) is 24.9. The Balaban J connectivity index is 1.56. The summed E-state index contributed by atoms with van der Waals surface area (Å²) in [5.74, 6) is -0.0529. The first-order valence-electron chi connectivity index (χ1n) is 12.4. The fourth-order valence-corrected chi connectivity index (χ4v) is 5.73. The average Bonchev–Trinajstić information content (AvgIpc) is 3.56. The third-order valence-corrected chi connectivity index (χ3v) is 7.68. The molecule has 3 aromatic heterocycles. The van der Waals surface area contributed by atoms with Gasteiger partial charge >= 0.3 is 5.69 Å². The highest BCUT2D eigenvalue weighted by atomic mass is 32.1. The lowest BCUT2D eigenvalue weighted by Crippen LogP contribution is -2.44. The number of halogens is 1. The Bertz CT molecular complexity index is 1900. The van der Waals surface area contributed by atoms with Crippen LogP contribution in [0.15, 0.2) is 46.0 Å². The second kappa shape index (κ2) is 9.72. The van der Waals surface area contributed by atoms with E-state index in [0.717, 1.165) is 29.1 Å². The first-order chi connectivity index (χ1) is 18.9. The summed E-state index contributed by atoms with van der Waals surface area (Å²) in [6.07, 6.45) is 1.75. The molecule has 1 fully saturated rings. The lowest BCUT2D eigenvalue weighted by Gasteiger charge is -2.32. The first-order valence-corrected chi connectivity index (χ1v) is 13.2. The van der Waals surface area contributed by atoms with E-state index in [1.165, 1.54) is 10.6 Å². The zero-order valence-corrected chi connectivity index (χ0v) is 21.9. The second-order valence-electron chi connectivity index (χ2n) is 9.73. The van der Waals surface area contributed by atoms with Gasteiger partial charge in [-0.1, -0.05) is 18.2 Å². The van der Waals surface area contributed by atoms with Crippen LogP contribution in [0.4, 0.5) is 10.3 Å². The quantitative estimate of drug-likeness (QED) is 0.353. The molecular formula is C26H24FN9O2S. The lowest BCUT2D eigenvalue weighted by atomic mass is 10.1. The summed E-state index contributed by atoms with van der Waals surface area (Å²) in [7, 11) is 1.56. The van der Waals surface area contributed by atoms with E-state index >= 15 is 0 Å². The van der Waals surface area contributed by atoms with E-state index < -0.39 is 17.1 Å². The van der Waals surface area contributed by atoms with Gasteiger partial charge < -0.3 is 10.6 Å². The molecule has 198 valence electrons. The summed E-state index contributed by atoms with van der Waals surface area (Å²) in [4.78, 5) is 34.2. The monoisotopic (exact) mass is 545 g/mol. The summed E-state index contributed by atoms with van der Waals surface area (Å²) >= 11 is 0.892. The molecule has 4 heterocycles. The molecule has 0 bridgehead atoms. The number of imidazole rings is 1. The lowest BCUT2D eigenvalue weighted by molar-refractivity contribution is 0.495. The van der Waals surface area contributed by atoms with Crippen molar-refractivity contribution in [2.45, 2.75) is 32.0 Å². The molecule has 0 radical (unpaired) electrons. The van der Waals surface area contributed by atoms with E-state index in [9.17, 15) is 19.2 Å². The van der Waals surface area contributed by atoms with Crippen molar-refractivity contribution in [3.05, 3.63) is 79.7 Å². The average molecular weight is 546 g/mol. The molecule has 2 aromatic carbocycles. The van der Waals surface area contributed by atoms with Crippen LogP contribution in [-0.2, 0) is 20.1 Å². The third kappa shape index (κ3) is 4.27. The topological polar surface area (TPSA) is 141 Å². The van der Waals surface area contributed by atoms with Gasteiger partial charge in [0.05, 0.1) is 36.5 Å². The van der Waals surface area contributed by atoms with Gasteiger partial charge in [0, 0.05) is 26.2 Å². The number of piperidine rings is 1. The number of nitriles is 1. The second-order valence-corrected chi connectivity index (χ2v) is 10.3. The number of aryl methyl sites for hydroxylation is 1. The minimum Gasteiger partial charge on any atom is -0.341 e. The molecule has 1 saturated heterocycles. The largest absolute Gasteiger partial charge is 0.341 e. The van der Waals surface area contributed by atoms with Gasteiger partial charge in [-0.3, -0.25) is 18.5 Å². The van der Waals surface area contributed by atoms with Crippen LogP contribution in [0.3, 0.4) is 0 Å². The molecule has 5 aromatic rings. The fraction of sp³-hybridized carbons (Fsp3) is 0.308. The molecule has 1 atom stereocenters. The predicted molar refractivity (Wildman–Crippen MR) is 145 cm³/mol. The molecule has 6 rings (SSSR count). The Hall–Kier alpha value is -4.41. The highest BCUT2D eigenvalue weighted by Crippen LogP contribution is 2.25. The Morgan fingerprint density at radius 2 is 2.00 bits per heavy atom. The summed E-state index contributed by atoms with van der Waals surface area (Å²) < 4.78 is 26.8. The van der Waals surface area contributed by atoms with Crippen LogP contribution >= 0.6 is 11.7 Å². The number of benzene rings is 2. The number of anilines is 1. The standard InChI is InChI=1S/C26H24FN9O2S/c1-33-23-22(24(37)36(26(33)38)12-15-9-19(27)21-20(10-15)31-39-32-21)35(13-17-6-3-2-5-16(17)11-28)25(30-23)34-8-4-7-18(29)14-34/h2-3,5-6,9-10,18H,4,7-8,12-14,29H2,1H3/t18-/m1/s1. The number of aromatic nitrogens is 6. The van der Waals surface area contributed by atoms with Crippen molar-refractivity contribution in [2.24, 2.45) is 12.8 Å². The predicted octanol–water partition coefficient (Wildman–Crippen LogP) is 1.94. The van der Waals surface area contributed by atoms with Gasteiger partial charge in [-0.15, -0.1) is 0 Å². The zero-order chi connectivity index (χ0) is 27.3. The Morgan fingerprint density at radius 1 is 1.18 bits per heavy atom. The van der Waals surface area contributed by atoms with Gasteiger partial charge in [-0.2, -0.15) is 19.0 Å². The molecule has 0 aliphatic carbocycles. The van der Waals surface area contributed by atoms with E-state index in [1.54, 1.807) is 29.8 Å². The normalized spacial score (nSPS) is 15.7. The van der Waals surface area contributed by atoms with Gasteiger partial charge in [0.15, 0.2) is 17.0 Å². The molecule has 13 heteroatoms. The maximum atomic E-state index is 14.6. The Kier molecular flexibility index (Phi) is 6.20. The van der Waals surface area contributed by atoms with Crippen LogP contribution in [0.25, 0.3) is 22.2 Å². The van der Waals surface area contributed by atoms with Crippen molar-refractivity contribution in [1.29, 1.82) is 5.26 Å². The highest BCUT2D eigenvalue weighted by Gasteiger charge is 2.27. The van der Waals surface area contributed by atoms with Crippen LogP contribution in [0.1, 0.15) is 29.5 Å². The number of hydrogen-bond acceptors (Lipinski definition) is 9. The molecule has 2 N–H and O–H groups in total. The number of fused-ring (bicyclic) bond motifs is 2. The molecule has 0 unspecified atom stereocenters. The van der Waals surface area contributed by atoms with Gasteiger partial charge in [0.25, 0.3) is 5.56 Å². The van der Waals surface area contributed by atoms with E-state index in [4.69, 9.17) is 10.7 Å². The molecule has 0 amide bonds. The summed E-state index contributed by atoms with van der Waals surface area (Å²) in [6, 6.07) is 12.2. The van der Waals surface area contributed by atoms with Crippen LogP contribution in [-0.4, -0.2) is 46.6 Å². The van der Waals surface area contributed by atoms with E-state index in [0.29, 0.717) is 41.2 Å². The fourth-order valence-electron chi connectivity index (χ4n) is 5.20. The van der Waals surface area contributed by atoms with E-state index in [-0.39, 0.29) is 35.8 Å². The smallest absolute Gasteiger partial charge is 0.332 e. The molecule has 11 nitrogen and oxygen atoms in total. The van der Waals surface area contributed by atoms with Crippen molar-refractivity contribution < 1.29 is 4.39 Å². The number of nitrogens with two attached hydrogens (primary N) is 1. The summed E-state index contributed by atoms with van der Waals surface area (Å²) in [5, 5.41) is 9.69. The van der Waals surface area contributed by atoms with Crippen molar-refractivity contribution in [2.75, 3.05) is 18.0 Å². The van der Waals surface area contributed by atoms with Crippen LogP contribution in [0.2, 0.25) is 0 Å². The van der Waals surface area contributed by atoms with Gasteiger partial charge in [-0.05, 0) is 42.2 Å². The van der Waals surface area contributed by atoms with Gasteiger partial charge in [0.1, 0.15) is 11.0 Å². The van der Waals surface area contributed by atoms with E-state index in [2.05, 4.69) is 14.8 Å². The molecule has 1 aliphatic rings. The van der Waals surface area contributed by atoms with Crippen LogP contribution in [0, 0.1) is 17.1 Å². The van der Waals surface area contributed by atoms with Crippen LogP contribution in [0.5, 0.6) is 0 Å². The minimum atomic E-state index is -0.576. The van der Waals surface area contributed by atoms with Gasteiger partial charge in [0.2, 0.25) is 5.95 Å². The molecular weight excluding hydrogens is 521 g/mol. The number of rotatable bonds is 5. The maximum absolute atomic E-state index is 14.6. The number of nitrogens with zero attached hydrogens (tertiary/aromatic N) is 8. The number of hydrogen-bond donors (Lipinski definition) is 1. The summed E-state index contributed by atoms with van der Waals surface area (Å²) in [5.41, 5.74) is 7.70. The molecule has 1 aliphatic heterocycles. The third-order valence-electron chi connectivity index (χ3n) is 7.13. The Morgan fingerprint density at radius 3 is 2.79 bits per heavy atom. The molecule has 0 saturated carbocycles. The highest BCUT2D eigenvalue weighted by molar-refractivity contribution is 7.00. The zero-order valence-electron chi connectivity index (χ0n) is 21.0. The van der Waals surface area contributed by atoms with Crippen molar-refractivity contribution in [3.63, 3.8) is 0 Å².